The molecule has 1 atom stereocenters. The summed E-state index contributed by atoms with van der Waals surface area (Å²) in [7, 11) is -3.78. The summed E-state index contributed by atoms with van der Waals surface area (Å²) in [5.74, 6) is 0. The fourth-order valence-corrected chi connectivity index (χ4v) is 2.62. The van der Waals surface area contributed by atoms with E-state index in [0.29, 0.717) is 0 Å². The fraction of sp³-hybridized carbons (Fsp3) is 0.143. The van der Waals surface area contributed by atoms with E-state index in [2.05, 4.69) is 5.32 Å². The molecule has 0 amide bonds. The van der Waals surface area contributed by atoms with Crippen molar-refractivity contribution in [2.45, 2.75) is 17.9 Å². The maximum atomic E-state index is 11.3. The molecule has 0 spiro atoms. The third-order valence-electron chi connectivity index (χ3n) is 3.00. The molecule has 5 N–H and O–H groups in total. The van der Waals surface area contributed by atoms with Crippen LogP contribution in [0.15, 0.2) is 53.4 Å². The Morgan fingerprint density at radius 3 is 2.30 bits per heavy atom. The normalized spacial score (nSPS) is 12.9. The molecule has 0 heterocycles. The quantitative estimate of drug-likeness (QED) is 0.751. The zero-order valence-corrected chi connectivity index (χ0v) is 11.9. The summed E-state index contributed by atoms with van der Waals surface area (Å²) >= 11 is 0. The Bertz CT molecular complexity index is 700. The van der Waals surface area contributed by atoms with Crippen LogP contribution < -0.4 is 16.2 Å². The Hall–Kier alpha value is -2.05. The average molecular weight is 291 g/mol. The molecule has 20 heavy (non-hydrogen) atoms. The number of hydrogen-bond donors (Lipinski definition) is 3. The number of hydrogen-bond acceptors (Lipinski definition) is 4. The minimum Gasteiger partial charge on any atom is -0.398 e. The second kappa shape index (κ2) is 5.52. The first-order valence-electron chi connectivity index (χ1n) is 6.12. The van der Waals surface area contributed by atoms with E-state index in [1.807, 2.05) is 37.3 Å². The second-order valence-corrected chi connectivity index (χ2v) is 6.10. The van der Waals surface area contributed by atoms with Gasteiger partial charge in [0.15, 0.2) is 0 Å². The number of primary sulfonamides is 1. The molecule has 1 unspecified atom stereocenters. The van der Waals surface area contributed by atoms with E-state index in [-0.39, 0.29) is 16.6 Å². The smallest absolute Gasteiger partial charge is 0.240 e. The zero-order chi connectivity index (χ0) is 14.8. The van der Waals surface area contributed by atoms with Crippen LogP contribution in [0.25, 0.3) is 0 Å². The molecule has 2 rings (SSSR count). The molecule has 0 aliphatic carbocycles. The van der Waals surface area contributed by atoms with E-state index >= 15 is 0 Å². The van der Waals surface area contributed by atoms with Gasteiger partial charge in [0.2, 0.25) is 10.0 Å². The molecule has 5 nitrogen and oxygen atoms in total. The van der Waals surface area contributed by atoms with E-state index < -0.39 is 10.0 Å². The van der Waals surface area contributed by atoms with Crippen molar-refractivity contribution < 1.29 is 8.42 Å². The zero-order valence-electron chi connectivity index (χ0n) is 11.1. The van der Waals surface area contributed by atoms with Crippen molar-refractivity contribution in [3.05, 3.63) is 54.1 Å². The first-order valence-corrected chi connectivity index (χ1v) is 7.66. The molecular formula is C14H17N3O2S. The maximum Gasteiger partial charge on any atom is 0.240 e. The van der Waals surface area contributed by atoms with Crippen LogP contribution in [0.1, 0.15) is 18.5 Å². The third kappa shape index (κ3) is 3.28. The highest BCUT2D eigenvalue weighted by Crippen LogP contribution is 2.24. The van der Waals surface area contributed by atoms with Crippen LogP contribution in [0.2, 0.25) is 0 Å². The molecular weight excluding hydrogens is 274 g/mol. The van der Waals surface area contributed by atoms with E-state index in [0.717, 1.165) is 11.3 Å². The number of benzene rings is 2. The first-order chi connectivity index (χ1) is 9.38. The summed E-state index contributed by atoms with van der Waals surface area (Å²) in [5, 5.41) is 8.33. The molecule has 0 bridgehead atoms. The molecule has 6 heteroatoms. The third-order valence-corrected chi connectivity index (χ3v) is 3.98. The predicted octanol–water partition coefficient (Wildman–Crippen LogP) is 2.09. The topological polar surface area (TPSA) is 98.2 Å². The van der Waals surface area contributed by atoms with Crippen LogP contribution in [0.5, 0.6) is 0 Å². The second-order valence-electron chi connectivity index (χ2n) is 4.57. The van der Waals surface area contributed by atoms with Crippen LogP contribution in [0.4, 0.5) is 11.4 Å². The van der Waals surface area contributed by atoms with Crippen molar-refractivity contribution in [3.63, 3.8) is 0 Å². The maximum absolute atomic E-state index is 11.3. The molecule has 0 aliphatic heterocycles. The molecule has 0 saturated heterocycles. The van der Waals surface area contributed by atoms with Crippen molar-refractivity contribution in [1.82, 2.24) is 0 Å². The largest absolute Gasteiger partial charge is 0.398 e. The van der Waals surface area contributed by atoms with Gasteiger partial charge in [-0.05, 0) is 30.7 Å². The summed E-state index contributed by atoms with van der Waals surface area (Å²) in [4.78, 5) is -0.0598. The van der Waals surface area contributed by atoms with Crippen molar-refractivity contribution in [2.24, 2.45) is 5.14 Å². The lowest BCUT2D eigenvalue weighted by Gasteiger charge is -2.16. The summed E-state index contributed by atoms with van der Waals surface area (Å²) in [6, 6.07) is 14.6. The number of nitrogen functional groups attached to an aromatic ring is 1. The molecule has 0 saturated carbocycles. The van der Waals surface area contributed by atoms with Gasteiger partial charge < -0.3 is 11.1 Å². The Balaban J connectivity index is 2.21. The van der Waals surface area contributed by atoms with Gasteiger partial charge in [-0.15, -0.1) is 0 Å². The van der Waals surface area contributed by atoms with Gasteiger partial charge in [0, 0.05) is 11.7 Å². The Kier molecular flexibility index (Phi) is 3.96. The highest BCUT2D eigenvalue weighted by atomic mass is 32.2. The van der Waals surface area contributed by atoms with Gasteiger partial charge >= 0.3 is 0 Å². The number of sulfonamides is 1. The Morgan fingerprint density at radius 1 is 1.10 bits per heavy atom. The molecule has 2 aromatic carbocycles. The van der Waals surface area contributed by atoms with Crippen LogP contribution in [0, 0.1) is 0 Å². The van der Waals surface area contributed by atoms with E-state index in [9.17, 15) is 8.42 Å². The lowest BCUT2D eigenvalue weighted by atomic mass is 10.1. The average Bonchev–Trinajstić information content (AvgIpc) is 2.38. The van der Waals surface area contributed by atoms with Crippen LogP contribution in [0.3, 0.4) is 0 Å². The van der Waals surface area contributed by atoms with Crippen molar-refractivity contribution in [2.75, 3.05) is 11.1 Å². The lowest BCUT2D eigenvalue weighted by Crippen LogP contribution is -2.14. The molecule has 106 valence electrons. The van der Waals surface area contributed by atoms with E-state index in [1.165, 1.54) is 6.07 Å². The number of anilines is 2. The monoisotopic (exact) mass is 291 g/mol. The predicted molar refractivity (Wildman–Crippen MR) is 80.7 cm³/mol. The minimum atomic E-state index is -3.78. The highest BCUT2D eigenvalue weighted by Gasteiger charge is 2.13. The van der Waals surface area contributed by atoms with Gasteiger partial charge in [-0.3, -0.25) is 0 Å². The highest BCUT2D eigenvalue weighted by molar-refractivity contribution is 7.89. The summed E-state index contributed by atoms with van der Waals surface area (Å²) in [5.41, 5.74) is 7.73. The fourth-order valence-electron chi connectivity index (χ4n) is 1.97. The SMILES string of the molecule is CC(Nc1ccc(S(N)(=O)=O)c(N)c1)c1ccccc1. The van der Waals surface area contributed by atoms with Gasteiger partial charge in [0.05, 0.1) is 5.69 Å². The van der Waals surface area contributed by atoms with Gasteiger partial charge in [0.25, 0.3) is 0 Å². The van der Waals surface area contributed by atoms with Gasteiger partial charge in [-0.1, -0.05) is 30.3 Å². The summed E-state index contributed by atoms with van der Waals surface area (Å²) in [6.07, 6.45) is 0. The van der Waals surface area contributed by atoms with Crippen molar-refractivity contribution >= 4 is 21.4 Å². The first kappa shape index (κ1) is 14.4. The van der Waals surface area contributed by atoms with Crippen molar-refractivity contribution in [1.29, 1.82) is 0 Å². The van der Waals surface area contributed by atoms with Crippen LogP contribution >= 0.6 is 0 Å². The minimum absolute atomic E-state index is 0.0598. The number of rotatable bonds is 4. The molecule has 0 aliphatic rings. The molecule has 2 aromatic rings. The molecule has 0 aromatic heterocycles. The number of nitrogens with one attached hydrogen (secondary N) is 1. The van der Waals surface area contributed by atoms with Gasteiger partial charge in [0.1, 0.15) is 4.90 Å². The van der Waals surface area contributed by atoms with Crippen LogP contribution in [-0.2, 0) is 10.0 Å². The number of nitrogens with two attached hydrogens (primary N) is 2. The molecule has 0 fully saturated rings. The Morgan fingerprint density at radius 2 is 1.75 bits per heavy atom. The summed E-state index contributed by atoms with van der Waals surface area (Å²) in [6.45, 7) is 2.01. The van der Waals surface area contributed by atoms with Crippen LogP contribution in [-0.4, -0.2) is 8.42 Å². The standard InChI is InChI=1S/C14H17N3O2S/c1-10(11-5-3-2-4-6-11)17-12-7-8-14(13(15)9-12)20(16,18)19/h2-10,17H,15H2,1H3,(H2,16,18,19). The van der Waals surface area contributed by atoms with Crippen molar-refractivity contribution in [3.8, 4) is 0 Å². The Labute approximate surface area is 118 Å². The van der Waals surface area contributed by atoms with E-state index in [1.54, 1.807) is 12.1 Å². The molecule has 0 radical (unpaired) electrons. The van der Waals surface area contributed by atoms with Gasteiger partial charge in [-0.2, -0.15) is 0 Å². The summed E-state index contributed by atoms with van der Waals surface area (Å²) < 4.78 is 22.6. The van der Waals surface area contributed by atoms with Gasteiger partial charge in [-0.25, -0.2) is 13.6 Å². The van der Waals surface area contributed by atoms with E-state index in [4.69, 9.17) is 10.9 Å². The lowest BCUT2D eigenvalue weighted by molar-refractivity contribution is 0.598.